The molecule has 2 rings (SSSR count). The van der Waals surface area contributed by atoms with Crippen molar-refractivity contribution in [1.29, 1.82) is 0 Å². The largest absolute Gasteiger partial charge is 0.494 e. The number of hydrogen-bond acceptors (Lipinski definition) is 3. The van der Waals surface area contributed by atoms with Crippen molar-refractivity contribution in [2.24, 2.45) is 0 Å². The minimum absolute atomic E-state index is 0.209. The highest BCUT2D eigenvalue weighted by Crippen LogP contribution is 2.24. The minimum atomic E-state index is -0.986. The maximum absolute atomic E-state index is 11.6. The van der Waals surface area contributed by atoms with Crippen LogP contribution in [0.2, 0.25) is 0 Å². The summed E-state index contributed by atoms with van der Waals surface area (Å²) >= 11 is 0. The van der Waals surface area contributed by atoms with Crippen LogP contribution in [0.4, 0.5) is 0 Å². The first-order chi connectivity index (χ1) is 11.1. The van der Waals surface area contributed by atoms with Crippen LogP contribution in [-0.2, 0) is 4.79 Å². The standard InChI is InChI=1S/C19H20O4/c1-3-22-16-9-5-7-14(11-16)12-18(19(20)21)15-8-6-10-17(13-15)23-4-2/h5-13H,3-4H2,1-2H3,(H,20,21)/b18-12-. The molecule has 0 atom stereocenters. The number of benzene rings is 2. The van der Waals surface area contributed by atoms with Crippen LogP contribution in [0.1, 0.15) is 25.0 Å². The van der Waals surface area contributed by atoms with E-state index < -0.39 is 5.97 Å². The molecular weight excluding hydrogens is 292 g/mol. The molecule has 0 bridgehead atoms. The molecule has 2 aromatic rings. The summed E-state index contributed by atoms with van der Waals surface area (Å²) in [5.74, 6) is 0.384. The van der Waals surface area contributed by atoms with Gasteiger partial charge in [-0.3, -0.25) is 0 Å². The van der Waals surface area contributed by atoms with Gasteiger partial charge in [-0.1, -0.05) is 24.3 Å². The van der Waals surface area contributed by atoms with E-state index in [0.717, 1.165) is 5.56 Å². The molecular formula is C19H20O4. The van der Waals surface area contributed by atoms with Gasteiger partial charge in [0.25, 0.3) is 0 Å². The zero-order valence-electron chi connectivity index (χ0n) is 13.3. The molecule has 2 aromatic carbocycles. The molecule has 0 spiro atoms. The summed E-state index contributed by atoms with van der Waals surface area (Å²) in [6.45, 7) is 4.89. The number of carboxylic acids is 1. The Labute approximate surface area is 136 Å². The van der Waals surface area contributed by atoms with Crippen molar-refractivity contribution in [3.05, 3.63) is 59.7 Å². The van der Waals surface area contributed by atoms with Crippen molar-refractivity contribution in [3.8, 4) is 11.5 Å². The lowest BCUT2D eigenvalue weighted by molar-refractivity contribution is -0.130. The summed E-state index contributed by atoms with van der Waals surface area (Å²) in [6.07, 6.45) is 1.63. The fourth-order valence-corrected chi connectivity index (χ4v) is 2.22. The normalized spacial score (nSPS) is 11.1. The van der Waals surface area contributed by atoms with E-state index >= 15 is 0 Å². The molecule has 4 heteroatoms. The Hall–Kier alpha value is -2.75. The average Bonchev–Trinajstić information content (AvgIpc) is 2.54. The van der Waals surface area contributed by atoms with Crippen LogP contribution in [0.3, 0.4) is 0 Å². The lowest BCUT2D eigenvalue weighted by Gasteiger charge is -2.08. The van der Waals surface area contributed by atoms with Crippen LogP contribution in [-0.4, -0.2) is 24.3 Å². The number of ether oxygens (including phenoxy) is 2. The van der Waals surface area contributed by atoms with Gasteiger partial charge in [0.1, 0.15) is 11.5 Å². The quantitative estimate of drug-likeness (QED) is 0.617. The van der Waals surface area contributed by atoms with Gasteiger partial charge >= 0.3 is 5.97 Å². The molecule has 0 aromatic heterocycles. The SMILES string of the molecule is CCOc1cccc(/C=C(\C(=O)O)c2cccc(OCC)c2)c1. The summed E-state index contributed by atoms with van der Waals surface area (Å²) in [7, 11) is 0. The van der Waals surface area contributed by atoms with E-state index in [9.17, 15) is 9.90 Å². The molecule has 0 aliphatic rings. The zero-order valence-corrected chi connectivity index (χ0v) is 13.3. The second-order valence-corrected chi connectivity index (χ2v) is 4.83. The first kappa shape index (κ1) is 16.6. The molecule has 0 unspecified atom stereocenters. The van der Waals surface area contributed by atoms with Gasteiger partial charge in [0, 0.05) is 0 Å². The van der Waals surface area contributed by atoms with E-state index in [-0.39, 0.29) is 5.57 Å². The van der Waals surface area contributed by atoms with Gasteiger partial charge in [0.15, 0.2) is 0 Å². The van der Waals surface area contributed by atoms with Crippen molar-refractivity contribution in [2.45, 2.75) is 13.8 Å². The predicted octanol–water partition coefficient (Wildman–Crippen LogP) is 4.11. The van der Waals surface area contributed by atoms with Crippen molar-refractivity contribution >= 4 is 17.6 Å². The van der Waals surface area contributed by atoms with Gasteiger partial charge in [0.05, 0.1) is 18.8 Å². The molecule has 0 saturated carbocycles. The van der Waals surface area contributed by atoms with Gasteiger partial charge < -0.3 is 14.6 Å². The first-order valence-electron chi connectivity index (χ1n) is 7.55. The fourth-order valence-electron chi connectivity index (χ4n) is 2.22. The van der Waals surface area contributed by atoms with Crippen LogP contribution in [0.15, 0.2) is 48.5 Å². The Morgan fingerprint density at radius 1 is 1.00 bits per heavy atom. The lowest BCUT2D eigenvalue weighted by Crippen LogP contribution is -2.01. The number of hydrogen-bond donors (Lipinski definition) is 1. The zero-order chi connectivity index (χ0) is 16.7. The summed E-state index contributed by atoms with van der Waals surface area (Å²) in [6, 6.07) is 14.4. The summed E-state index contributed by atoms with van der Waals surface area (Å²) in [4.78, 5) is 11.6. The van der Waals surface area contributed by atoms with Gasteiger partial charge in [-0.15, -0.1) is 0 Å². The molecule has 0 heterocycles. The summed E-state index contributed by atoms with van der Waals surface area (Å²) < 4.78 is 10.9. The van der Waals surface area contributed by atoms with E-state index in [1.54, 1.807) is 24.3 Å². The maximum Gasteiger partial charge on any atom is 0.336 e. The molecule has 1 N–H and O–H groups in total. The number of carboxylic acid groups (broad SMARTS) is 1. The summed E-state index contributed by atoms with van der Waals surface area (Å²) in [5.41, 5.74) is 1.58. The number of carbonyl (C=O) groups is 1. The van der Waals surface area contributed by atoms with Crippen molar-refractivity contribution < 1.29 is 19.4 Å². The van der Waals surface area contributed by atoms with Crippen molar-refractivity contribution in [2.75, 3.05) is 13.2 Å². The Morgan fingerprint density at radius 3 is 2.22 bits per heavy atom. The highest BCUT2D eigenvalue weighted by Gasteiger charge is 2.11. The minimum Gasteiger partial charge on any atom is -0.494 e. The van der Waals surface area contributed by atoms with Gasteiger partial charge in [-0.2, -0.15) is 0 Å². The van der Waals surface area contributed by atoms with Gasteiger partial charge in [-0.25, -0.2) is 4.79 Å². The summed E-state index contributed by atoms with van der Waals surface area (Å²) in [5, 5.41) is 9.54. The Bertz CT molecular complexity index is 704. The molecule has 0 radical (unpaired) electrons. The third kappa shape index (κ3) is 4.61. The first-order valence-corrected chi connectivity index (χ1v) is 7.55. The van der Waals surface area contributed by atoms with Gasteiger partial charge in [-0.05, 0) is 55.3 Å². The fraction of sp³-hybridized carbons (Fsp3) is 0.211. The molecule has 0 fully saturated rings. The van der Waals surface area contributed by atoms with Crippen LogP contribution < -0.4 is 9.47 Å². The molecule has 0 aliphatic heterocycles. The molecule has 4 nitrogen and oxygen atoms in total. The van der Waals surface area contributed by atoms with Crippen LogP contribution in [0.25, 0.3) is 11.6 Å². The maximum atomic E-state index is 11.6. The Morgan fingerprint density at radius 2 is 1.61 bits per heavy atom. The number of rotatable bonds is 7. The second-order valence-electron chi connectivity index (χ2n) is 4.83. The van der Waals surface area contributed by atoms with E-state index in [2.05, 4.69) is 0 Å². The molecule has 23 heavy (non-hydrogen) atoms. The van der Waals surface area contributed by atoms with E-state index in [0.29, 0.717) is 30.3 Å². The highest BCUT2D eigenvalue weighted by molar-refractivity contribution is 6.20. The van der Waals surface area contributed by atoms with E-state index in [1.807, 2.05) is 44.2 Å². The van der Waals surface area contributed by atoms with Crippen LogP contribution >= 0.6 is 0 Å². The third-order valence-corrected chi connectivity index (χ3v) is 3.17. The predicted molar refractivity (Wildman–Crippen MR) is 90.7 cm³/mol. The molecule has 0 saturated heterocycles. The third-order valence-electron chi connectivity index (χ3n) is 3.17. The van der Waals surface area contributed by atoms with E-state index in [4.69, 9.17) is 9.47 Å². The van der Waals surface area contributed by atoms with Crippen molar-refractivity contribution in [1.82, 2.24) is 0 Å². The van der Waals surface area contributed by atoms with Crippen molar-refractivity contribution in [3.63, 3.8) is 0 Å². The Kier molecular flexibility index (Phi) is 5.80. The lowest BCUT2D eigenvalue weighted by atomic mass is 10.0. The smallest absolute Gasteiger partial charge is 0.336 e. The monoisotopic (exact) mass is 312 g/mol. The number of aliphatic carboxylic acids is 1. The molecule has 0 amide bonds. The van der Waals surface area contributed by atoms with Crippen LogP contribution in [0, 0.1) is 0 Å². The van der Waals surface area contributed by atoms with Crippen LogP contribution in [0.5, 0.6) is 11.5 Å². The van der Waals surface area contributed by atoms with Gasteiger partial charge in [0.2, 0.25) is 0 Å². The average molecular weight is 312 g/mol. The highest BCUT2D eigenvalue weighted by atomic mass is 16.5. The Balaban J connectivity index is 2.40. The van der Waals surface area contributed by atoms with E-state index in [1.165, 1.54) is 0 Å². The second kappa shape index (κ2) is 8.03. The molecule has 0 aliphatic carbocycles. The molecule has 120 valence electrons. The topological polar surface area (TPSA) is 55.8 Å².